The van der Waals surface area contributed by atoms with E-state index in [1.165, 1.54) is 19.2 Å². The molecule has 0 saturated heterocycles. The lowest BCUT2D eigenvalue weighted by Crippen LogP contribution is -2.27. The molecular formula is C18H24N2O5S. The molecule has 1 heterocycles. The molecule has 0 saturated carbocycles. The van der Waals surface area contributed by atoms with Gasteiger partial charge in [0.05, 0.1) is 5.92 Å². The number of amides is 1. The molecule has 1 unspecified atom stereocenters. The van der Waals surface area contributed by atoms with Gasteiger partial charge in [0.25, 0.3) is 0 Å². The molecule has 1 atom stereocenters. The van der Waals surface area contributed by atoms with Crippen molar-refractivity contribution in [2.75, 3.05) is 11.1 Å². The summed E-state index contributed by atoms with van der Waals surface area (Å²) >= 11 is 0.980. The first kappa shape index (κ1) is 21.7. The summed E-state index contributed by atoms with van der Waals surface area (Å²) in [5.41, 5.74) is 0.587. The second-order valence-corrected chi connectivity index (χ2v) is 7.85. The molecule has 1 aromatic heterocycles. The van der Waals surface area contributed by atoms with Crippen molar-refractivity contribution in [1.29, 1.82) is 0 Å². The van der Waals surface area contributed by atoms with Gasteiger partial charge in [-0.25, -0.2) is 9.78 Å². The Kier molecular flexibility index (Phi) is 7.82. The summed E-state index contributed by atoms with van der Waals surface area (Å²) in [5, 5.41) is 11.7. The molecule has 0 bridgehead atoms. The largest absolute Gasteiger partial charge is 0.481 e. The molecular weight excluding hydrogens is 356 g/mol. The van der Waals surface area contributed by atoms with Crippen molar-refractivity contribution < 1.29 is 24.2 Å². The van der Waals surface area contributed by atoms with Gasteiger partial charge in [-0.1, -0.05) is 24.4 Å². The van der Waals surface area contributed by atoms with Crippen LogP contribution in [0.3, 0.4) is 0 Å². The van der Waals surface area contributed by atoms with Gasteiger partial charge in [0.2, 0.25) is 0 Å². The molecule has 8 heteroatoms. The summed E-state index contributed by atoms with van der Waals surface area (Å²) in [6, 6.07) is 1.71. The molecule has 0 radical (unpaired) electrons. The van der Waals surface area contributed by atoms with Gasteiger partial charge in [0.1, 0.15) is 11.4 Å². The summed E-state index contributed by atoms with van der Waals surface area (Å²) in [4.78, 5) is 38.5. The third-order valence-corrected chi connectivity index (χ3v) is 4.11. The van der Waals surface area contributed by atoms with Gasteiger partial charge in [-0.05, 0) is 38.8 Å². The van der Waals surface area contributed by atoms with Crippen LogP contribution < -0.4 is 5.32 Å². The number of hydrogen-bond donors (Lipinski definition) is 2. The van der Waals surface area contributed by atoms with Crippen LogP contribution >= 0.6 is 11.8 Å². The maximum absolute atomic E-state index is 11.9. The van der Waals surface area contributed by atoms with E-state index in [4.69, 9.17) is 4.74 Å². The van der Waals surface area contributed by atoms with E-state index in [-0.39, 0.29) is 23.1 Å². The lowest BCUT2D eigenvalue weighted by molar-refractivity contribution is -0.140. The Labute approximate surface area is 157 Å². The number of ether oxygens (including phenoxy) is 1. The minimum absolute atomic E-state index is 0.127. The third-order valence-electron chi connectivity index (χ3n) is 3.13. The second kappa shape index (κ2) is 9.38. The number of pyridine rings is 1. The van der Waals surface area contributed by atoms with Crippen molar-refractivity contribution in [3.8, 4) is 0 Å². The van der Waals surface area contributed by atoms with Crippen molar-refractivity contribution in [2.24, 2.45) is 5.92 Å². The Morgan fingerprint density at radius 1 is 1.42 bits per heavy atom. The van der Waals surface area contributed by atoms with Gasteiger partial charge < -0.3 is 9.84 Å². The number of thioether (sulfide) groups is 1. The number of carbonyl (C=O) groups is 3. The molecule has 0 aliphatic carbocycles. The predicted molar refractivity (Wildman–Crippen MR) is 102 cm³/mol. The summed E-state index contributed by atoms with van der Waals surface area (Å²) < 4.78 is 5.19. The van der Waals surface area contributed by atoms with E-state index in [1.54, 1.807) is 26.8 Å². The van der Waals surface area contributed by atoms with Crippen LogP contribution in [0.2, 0.25) is 0 Å². The van der Waals surface area contributed by atoms with Crippen molar-refractivity contribution in [3.05, 3.63) is 30.0 Å². The van der Waals surface area contributed by atoms with Gasteiger partial charge in [0, 0.05) is 24.4 Å². The molecule has 0 spiro atoms. The third kappa shape index (κ3) is 7.69. The van der Waals surface area contributed by atoms with E-state index in [2.05, 4.69) is 16.9 Å². The molecule has 1 rings (SSSR count). The highest BCUT2D eigenvalue weighted by molar-refractivity contribution is 8.13. The van der Waals surface area contributed by atoms with E-state index in [0.717, 1.165) is 11.8 Å². The highest BCUT2D eigenvalue weighted by Crippen LogP contribution is 2.21. The molecule has 2 N–H and O–H groups in total. The minimum Gasteiger partial charge on any atom is -0.481 e. The summed E-state index contributed by atoms with van der Waals surface area (Å²) in [5.74, 6) is -1.22. The summed E-state index contributed by atoms with van der Waals surface area (Å²) in [7, 11) is 0. The quantitative estimate of drug-likeness (QED) is 0.744. The first-order valence-electron chi connectivity index (χ1n) is 7.99. The van der Waals surface area contributed by atoms with Crippen LogP contribution in [0.4, 0.5) is 10.6 Å². The van der Waals surface area contributed by atoms with E-state index < -0.39 is 23.6 Å². The first-order valence-corrected chi connectivity index (χ1v) is 8.98. The Bertz CT molecular complexity index is 697. The van der Waals surface area contributed by atoms with Crippen molar-refractivity contribution >= 4 is 40.8 Å². The second-order valence-electron chi connectivity index (χ2n) is 6.65. The highest BCUT2D eigenvalue weighted by Gasteiger charge is 2.21. The summed E-state index contributed by atoms with van der Waals surface area (Å²) in [6.07, 6.45) is 2.59. The molecule has 142 valence electrons. The molecule has 26 heavy (non-hydrogen) atoms. The average molecular weight is 380 g/mol. The maximum Gasteiger partial charge on any atom is 0.413 e. The molecule has 7 nitrogen and oxygen atoms in total. The molecule has 0 aliphatic heterocycles. The van der Waals surface area contributed by atoms with Gasteiger partial charge in [0.15, 0.2) is 5.12 Å². The van der Waals surface area contributed by atoms with E-state index >= 15 is 0 Å². The highest BCUT2D eigenvalue weighted by atomic mass is 32.2. The molecule has 1 amide bonds. The number of hydrogen-bond acceptors (Lipinski definition) is 6. The van der Waals surface area contributed by atoms with Crippen LogP contribution in [0.25, 0.3) is 6.08 Å². The Morgan fingerprint density at radius 2 is 2.08 bits per heavy atom. The van der Waals surface area contributed by atoms with Crippen LogP contribution in [0.15, 0.2) is 18.8 Å². The fraction of sp³-hybridized carbons (Fsp3) is 0.444. The number of carboxylic acid groups (broad SMARTS) is 1. The predicted octanol–water partition coefficient (Wildman–Crippen LogP) is 3.59. The maximum atomic E-state index is 11.9. The zero-order valence-electron chi connectivity index (χ0n) is 15.4. The number of carboxylic acids is 1. The monoisotopic (exact) mass is 380 g/mol. The minimum atomic E-state index is -0.977. The van der Waals surface area contributed by atoms with Gasteiger partial charge in [-0.3, -0.25) is 14.9 Å². The van der Waals surface area contributed by atoms with Gasteiger partial charge in [-0.2, -0.15) is 0 Å². The number of anilines is 1. The number of nitrogens with zero attached hydrogens (tertiary/aromatic N) is 1. The van der Waals surface area contributed by atoms with E-state index in [9.17, 15) is 19.5 Å². The SMILES string of the molecule is C=Cc1cc(CC(CSC(C)=O)C(=O)O)cnc1NC(=O)OC(C)(C)C. The fourth-order valence-electron chi connectivity index (χ4n) is 2.02. The molecule has 0 aromatic carbocycles. The zero-order chi connectivity index (χ0) is 19.9. The lowest BCUT2D eigenvalue weighted by Gasteiger charge is -2.20. The van der Waals surface area contributed by atoms with E-state index in [0.29, 0.717) is 11.1 Å². The number of carbonyl (C=O) groups excluding carboxylic acids is 2. The Morgan fingerprint density at radius 3 is 2.58 bits per heavy atom. The summed E-state index contributed by atoms with van der Waals surface area (Å²) in [6.45, 7) is 10.3. The normalized spacial score (nSPS) is 12.2. The zero-order valence-corrected chi connectivity index (χ0v) is 16.2. The molecule has 0 fully saturated rings. The average Bonchev–Trinajstić information content (AvgIpc) is 2.50. The van der Waals surface area contributed by atoms with Crippen molar-refractivity contribution in [3.63, 3.8) is 0 Å². The Hall–Kier alpha value is -2.35. The lowest BCUT2D eigenvalue weighted by atomic mass is 10.0. The number of rotatable bonds is 7. The van der Waals surface area contributed by atoms with Gasteiger partial charge >= 0.3 is 12.1 Å². The van der Waals surface area contributed by atoms with E-state index in [1.807, 2.05) is 0 Å². The van der Waals surface area contributed by atoms with Crippen molar-refractivity contribution in [1.82, 2.24) is 4.98 Å². The number of aliphatic carboxylic acids is 1. The van der Waals surface area contributed by atoms with Crippen molar-refractivity contribution in [2.45, 2.75) is 39.7 Å². The van der Waals surface area contributed by atoms with Crippen LogP contribution in [-0.2, 0) is 20.7 Å². The first-order chi connectivity index (χ1) is 12.0. The molecule has 0 aliphatic rings. The Balaban J connectivity index is 2.90. The van der Waals surface area contributed by atoms with Crippen LogP contribution in [-0.4, -0.2) is 38.6 Å². The van der Waals surface area contributed by atoms with Crippen LogP contribution in [0.1, 0.15) is 38.8 Å². The van der Waals surface area contributed by atoms with Gasteiger partial charge in [-0.15, -0.1) is 0 Å². The topological polar surface area (TPSA) is 106 Å². The smallest absolute Gasteiger partial charge is 0.413 e. The van der Waals surface area contributed by atoms with Crippen LogP contribution in [0.5, 0.6) is 0 Å². The standard InChI is InChI=1S/C18H24N2O5S/c1-6-13-7-12(8-14(16(22)23)10-26-11(2)21)9-19-15(13)20-17(24)25-18(3,4)5/h6-7,9,14H,1,8,10H2,2-5H3,(H,22,23)(H,19,20,24). The molecule has 1 aromatic rings. The van der Waals surface area contributed by atoms with Crippen LogP contribution in [0, 0.1) is 5.92 Å². The number of aromatic nitrogens is 1. The number of nitrogens with one attached hydrogen (secondary N) is 1. The fourth-order valence-corrected chi connectivity index (χ4v) is 2.72.